The van der Waals surface area contributed by atoms with Gasteiger partial charge in [0.05, 0.1) is 25.9 Å². The molecule has 2 amide bonds. The molecule has 0 aliphatic heterocycles. The van der Waals surface area contributed by atoms with Crippen molar-refractivity contribution in [1.29, 1.82) is 0 Å². The molecule has 2 aromatic heterocycles. The van der Waals surface area contributed by atoms with Crippen LogP contribution in [-0.4, -0.2) is 22.0 Å². The van der Waals surface area contributed by atoms with Crippen LogP contribution in [0.5, 0.6) is 0 Å². The van der Waals surface area contributed by atoms with Gasteiger partial charge in [-0.3, -0.25) is 9.59 Å². The maximum absolute atomic E-state index is 12.7. The van der Waals surface area contributed by atoms with Crippen molar-refractivity contribution in [3.63, 3.8) is 0 Å². The lowest BCUT2D eigenvalue weighted by molar-refractivity contribution is -0.115. The summed E-state index contributed by atoms with van der Waals surface area (Å²) >= 11 is 16.2. The predicted molar refractivity (Wildman–Crippen MR) is 140 cm³/mol. The van der Waals surface area contributed by atoms with Gasteiger partial charge in [0, 0.05) is 21.5 Å². The molecule has 10 heteroatoms. The van der Waals surface area contributed by atoms with E-state index in [9.17, 15) is 9.59 Å². The van der Waals surface area contributed by atoms with Gasteiger partial charge >= 0.3 is 0 Å². The topological polar surface area (TPSA) is 71.1 Å². The number of amides is 2. The molecule has 0 saturated carbocycles. The van der Waals surface area contributed by atoms with Crippen molar-refractivity contribution in [3.8, 4) is 11.3 Å². The number of halogens is 2. The van der Waals surface area contributed by atoms with Crippen LogP contribution in [0, 0.1) is 0 Å². The fraction of sp³-hybridized carbons (Fsp3) is 0.0870. The number of nitrogens with zero attached hydrogens (tertiary/aromatic N) is 1. The zero-order valence-corrected chi connectivity index (χ0v) is 21.1. The van der Waals surface area contributed by atoms with Crippen molar-refractivity contribution in [3.05, 3.63) is 80.3 Å². The lowest BCUT2D eigenvalue weighted by Crippen LogP contribution is -2.22. The van der Waals surface area contributed by atoms with Gasteiger partial charge in [-0.1, -0.05) is 41.4 Å². The van der Waals surface area contributed by atoms with Gasteiger partial charge in [-0.25, -0.2) is 4.98 Å². The molecule has 0 saturated heterocycles. The minimum atomic E-state index is -0.370. The molecule has 0 aliphatic rings. The number of carbonyl (C=O) groups excluding carboxylic acids is 2. The molecule has 1 atom stereocenters. The number of thiophene rings is 1. The second-order valence-electron chi connectivity index (χ2n) is 6.88. The molecular weight excluding hydrogens is 517 g/mol. The first-order chi connectivity index (χ1) is 15.9. The Morgan fingerprint density at radius 3 is 2.61 bits per heavy atom. The van der Waals surface area contributed by atoms with Crippen LogP contribution in [-0.2, 0) is 4.79 Å². The Kier molecular flexibility index (Phi) is 7.72. The maximum Gasteiger partial charge on any atom is 0.265 e. The van der Waals surface area contributed by atoms with Crippen LogP contribution in [0.3, 0.4) is 0 Å². The second kappa shape index (κ2) is 10.7. The van der Waals surface area contributed by atoms with Crippen LogP contribution in [0.1, 0.15) is 16.6 Å². The van der Waals surface area contributed by atoms with Gasteiger partial charge in [0.2, 0.25) is 5.91 Å². The summed E-state index contributed by atoms with van der Waals surface area (Å²) in [5.74, 6) is -0.317. The zero-order valence-electron chi connectivity index (χ0n) is 17.2. The van der Waals surface area contributed by atoms with Crippen LogP contribution in [0.15, 0.2) is 70.3 Å². The molecule has 2 N–H and O–H groups in total. The molecule has 0 aliphatic carbocycles. The smallest absolute Gasteiger partial charge is 0.265 e. The van der Waals surface area contributed by atoms with E-state index in [1.807, 2.05) is 54.1 Å². The van der Waals surface area contributed by atoms with Crippen molar-refractivity contribution in [2.45, 2.75) is 17.1 Å². The highest BCUT2D eigenvalue weighted by atomic mass is 35.5. The summed E-state index contributed by atoms with van der Waals surface area (Å²) in [5, 5.41) is 10.5. The molecule has 0 bridgehead atoms. The minimum Gasteiger partial charge on any atom is -0.321 e. The summed E-state index contributed by atoms with van der Waals surface area (Å²) in [6, 6.07) is 16.3. The lowest BCUT2D eigenvalue weighted by atomic mass is 10.2. The molecule has 5 nitrogen and oxygen atoms in total. The maximum atomic E-state index is 12.7. The van der Waals surface area contributed by atoms with Crippen LogP contribution < -0.4 is 10.6 Å². The Morgan fingerprint density at radius 1 is 1.00 bits per heavy atom. The first kappa shape index (κ1) is 23.8. The first-order valence-electron chi connectivity index (χ1n) is 9.72. The quantitative estimate of drug-likeness (QED) is 0.240. The Bertz CT molecular complexity index is 1290. The number of thioether (sulfide) groups is 1. The largest absolute Gasteiger partial charge is 0.321 e. The fourth-order valence-corrected chi connectivity index (χ4v) is 5.40. The van der Waals surface area contributed by atoms with Crippen LogP contribution in [0.25, 0.3) is 11.3 Å². The molecule has 0 radical (unpaired) electrons. The molecule has 33 heavy (non-hydrogen) atoms. The highest BCUT2D eigenvalue weighted by Crippen LogP contribution is 2.31. The molecule has 2 aromatic carbocycles. The van der Waals surface area contributed by atoms with E-state index < -0.39 is 0 Å². The second-order valence-corrected chi connectivity index (χ2v) is 10.9. The summed E-state index contributed by atoms with van der Waals surface area (Å²) in [6.07, 6.45) is 0. The van der Waals surface area contributed by atoms with Gasteiger partial charge in [-0.05, 0) is 48.7 Å². The van der Waals surface area contributed by atoms with Gasteiger partial charge in [-0.15, -0.1) is 34.4 Å². The van der Waals surface area contributed by atoms with E-state index >= 15 is 0 Å². The standard InChI is InChI=1S/C23H17Cl2N3O2S3/c1-13(33-16-5-2-4-15(11-16)26-22(30)20-6-3-9-31-20)21(29)28-23-27-19(12-32-23)14-7-8-17(24)18(25)10-14/h2-13H,1H3,(H,26,30)(H,27,28,29). The third kappa shape index (κ3) is 6.16. The Morgan fingerprint density at radius 2 is 1.85 bits per heavy atom. The molecule has 0 spiro atoms. The number of nitrogens with one attached hydrogen (secondary N) is 2. The summed E-state index contributed by atoms with van der Waals surface area (Å²) in [5.41, 5.74) is 2.21. The molecule has 1 unspecified atom stereocenters. The number of hydrogen-bond acceptors (Lipinski definition) is 6. The minimum absolute atomic E-state index is 0.153. The number of rotatable bonds is 7. The third-order valence-corrected chi connectivity index (χ3v) is 7.93. The van der Waals surface area contributed by atoms with Crippen LogP contribution in [0.2, 0.25) is 10.0 Å². The van der Waals surface area contributed by atoms with Crippen molar-refractivity contribution >= 4 is 80.3 Å². The highest BCUT2D eigenvalue weighted by molar-refractivity contribution is 8.00. The molecule has 168 valence electrons. The predicted octanol–water partition coefficient (Wildman–Crippen LogP) is 7.55. The Labute approximate surface area is 213 Å². The summed E-state index contributed by atoms with van der Waals surface area (Å²) in [4.78, 5) is 31.0. The monoisotopic (exact) mass is 533 g/mol. The summed E-state index contributed by atoms with van der Waals surface area (Å²) in [7, 11) is 0. The van der Waals surface area contributed by atoms with E-state index in [0.717, 1.165) is 10.5 Å². The number of aromatic nitrogens is 1. The number of benzene rings is 2. The number of anilines is 2. The number of carbonyl (C=O) groups is 2. The van der Waals surface area contributed by atoms with Gasteiger partial charge in [0.1, 0.15) is 0 Å². The zero-order chi connectivity index (χ0) is 23.4. The van der Waals surface area contributed by atoms with Crippen molar-refractivity contribution in [1.82, 2.24) is 4.98 Å². The van der Waals surface area contributed by atoms with Crippen LogP contribution in [0.4, 0.5) is 10.8 Å². The van der Waals surface area contributed by atoms with E-state index in [4.69, 9.17) is 23.2 Å². The summed E-state index contributed by atoms with van der Waals surface area (Å²) in [6.45, 7) is 1.82. The highest BCUT2D eigenvalue weighted by Gasteiger charge is 2.17. The van der Waals surface area contributed by atoms with Crippen molar-refractivity contribution < 1.29 is 9.59 Å². The van der Waals surface area contributed by atoms with Gasteiger partial charge in [0.15, 0.2) is 5.13 Å². The third-order valence-electron chi connectivity index (χ3n) is 4.47. The van der Waals surface area contributed by atoms with Crippen LogP contribution >= 0.6 is 57.6 Å². The average molecular weight is 535 g/mol. The number of hydrogen-bond donors (Lipinski definition) is 2. The summed E-state index contributed by atoms with van der Waals surface area (Å²) < 4.78 is 0. The Hall–Kier alpha value is -2.36. The molecule has 4 rings (SSSR count). The van der Waals surface area contributed by atoms with Gasteiger partial charge in [-0.2, -0.15) is 0 Å². The fourth-order valence-electron chi connectivity index (χ4n) is 2.83. The van der Waals surface area contributed by atoms with Gasteiger partial charge < -0.3 is 10.6 Å². The first-order valence-corrected chi connectivity index (χ1v) is 13.1. The molecule has 0 fully saturated rings. The molecule has 2 heterocycles. The van der Waals surface area contributed by atoms with Gasteiger partial charge in [0.25, 0.3) is 5.91 Å². The van der Waals surface area contributed by atoms with E-state index in [1.54, 1.807) is 18.2 Å². The molecular formula is C23H17Cl2N3O2S3. The van der Waals surface area contributed by atoms with Crippen molar-refractivity contribution in [2.24, 2.45) is 0 Å². The van der Waals surface area contributed by atoms with E-state index in [-0.39, 0.29) is 17.1 Å². The van der Waals surface area contributed by atoms with E-state index in [0.29, 0.717) is 31.4 Å². The molecule has 4 aromatic rings. The number of thiazole rings is 1. The van der Waals surface area contributed by atoms with E-state index in [1.165, 1.54) is 34.4 Å². The van der Waals surface area contributed by atoms with E-state index in [2.05, 4.69) is 15.6 Å². The lowest BCUT2D eigenvalue weighted by Gasteiger charge is -2.12. The van der Waals surface area contributed by atoms with Crippen molar-refractivity contribution in [2.75, 3.05) is 10.6 Å². The average Bonchev–Trinajstić information content (AvgIpc) is 3.48. The normalized spacial score (nSPS) is 11.7. The Balaban J connectivity index is 1.37. The SMILES string of the molecule is CC(Sc1cccc(NC(=O)c2cccs2)c1)C(=O)Nc1nc(-c2ccc(Cl)c(Cl)c2)cs1.